The predicted octanol–water partition coefficient (Wildman–Crippen LogP) is 2.32. The van der Waals surface area contributed by atoms with Crippen molar-refractivity contribution in [2.24, 2.45) is 11.8 Å². The van der Waals surface area contributed by atoms with Gasteiger partial charge in [0, 0.05) is 13.0 Å². The van der Waals surface area contributed by atoms with Gasteiger partial charge < -0.3 is 10.6 Å². The lowest BCUT2D eigenvalue weighted by Crippen LogP contribution is -2.32. The van der Waals surface area contributed by atoms with Crippen molar-refractivity contribution >= 4 is 5.91 Å². The van der Waals surface area contributed by atoms with E-state index in [1.807, 2.05) is 0 Å². The highest BCUT2D eigenvalue weighted by Crippen LogP contribution is 2.15. The van der Waals surface area contributed by atoms with E-state index in [9.17, 15) is 4.79 Å². The molecule has 1 saturated heterocycles. The molecule has 100 valence electrons. The molecule has 1 amide bonds. The standard InChI is InChI=1S/C14H28N2O/c1-3-12(4-2)11-16-14(17)8-7-13-6-5-9-15-10-13/h12-13,15H,3-11H2,1-2H3,(H,16,17). The maximum absolute atomic E-state index is 11.7. The number of carbonyl (C=O) groups is 1. The number of carbonyl (C=O) groups excluding carboxylic acids is 1. The van der Waals surface area contributed by atoms with Crippen molar-refractivity contribution in [1.82, 2.24) is 10.6 Å². The van der Waals surface area contributed by atoms with Crippen LogP contribution < -0.4 is 10.6 Å². The van der Waals surface area contributed by atoms with Crippen molar-refractivity contribution < 1.29 is 4.79 Å². The molecular formula is C14H28N2O. The van der Waals surface area contributed by atoms with Gasteiger partial charge in [-0.1, -0.05) is 26.7 Å². The van der Waals surface area contributed by atoms with Crippen LogP contribution in [-0.4, -0.2) is 25.5 Å². The summed E-state index contributed by atoms with van der Waals surface area (Å²) in [5.41, 5.74) is 0. The van der Waals surface area contributed by atoms with E-state index in [0.29, 0.717) is 18.3 Å². The van der Waals surface area contributed by atoms with Crippen molar-refractivity contribution in [3.05, 3.63) is 0 Å². The number of hydrogen-bond donors (Lipinski definition) is 2. The molecule has 17 heavy (non-hydrogen) atoms. The van der Waals surface area contributed by atoms with Crippen LogP contribution in [0.15, 0.2) is 0 Å². The SMILES string of the molecule is CCC(CC)CNC(=O)CCC1CCCNC1. The van der Waals surface area contributed by atoms with Gasteiger partial charge in [-0.3, -0.25) is 4.79 Å². The van der Waals surface area contributed by atoms with Crippen LogP contribution in [0.2, 0.25) is 0 Å². The van der Waals surface area contributed by atoms with Gasteiger partial charge in [0.15, 0.2) is 0 Å². The monoisotopic (exact) mass is 240 g/mol. The summed E-state index contributed by atoms with van der Waals surface area (Å²) < 4.78 is 0. The van der Waals surface area contributed by atoms with Crippen LogP contribution >= 0.6 is 0 Å². The molecule has 3 nitrogen and oxygen atoms in total. The first-order chi connectivity index (χ1) is 8.26. The van der Waals surface area contributed by atoms with E-state index < -0.39 is 0 Å². The Morgan fingerprint density at radius 1 is 1.41 bits per heavy atom. The molecule has 0 aromatic rings. The zero-order valence-electron chi connectivity index (χ0n) is 11.4. The molecule has 2 N–H and O–H groups in total. The Kier molecular flexibility index (Phi) is 7.25. The molecule has 1 atom stereocenters. The van der Waals surface area contributed by atoms with Gasteiger partial charge in [-0.2, -0.15) is 0 Å². The zero-order valence-corrected chi connectivity index (χ0v) is 11.4. The van der Waals surface area contributed by atoms with Crippen molar-refractivity contribution in [1.29, 1.82) is 0 Å². The number of piperidine rings is 1. The topological polar surface area (TPSA) is 41.1 Å². The Labute approximate surface area is 106 Å². The summed E-state index contributed by atoms with van der Waals surface area (Å²) in [6.07, 6.45) is 6.60. The average Bonchev–Trinajstić information content (AvgIpc) is 2.39. The normalized spacial score (nSPS) is 20.5. The fourth-order valence-electron chi connectivity index (χ4n) is 2.43. The van der Waals surface area contributed by atoms with E-state index >= 15 is 0 Å². The Bertz CT molecular complexity index is 208. The Balaban J connectivity index is 2.07. The van der Waals surface area contributed by atoms with Crippen LogP contribution in [-0.2, 0) is 4.79 Å². The smallest absolute Gasteiger partial charge is 0.220 e. The van der Waals surface area contributed by atoms with Crippen LogP contribution in [0, 0.1) is 11.8 Å². The van der Waals surface area contributed by atoms with Gasteiger partial charge in [-0.05, 0) is 44.2 Å². The fraction of sp³-hybridized carbons (Fsp3) is 0.929. The summed E-state index contributed by atoms with van der Waals surface area (Å²) >= 11 is 0. The third-order valence-electron chi connectivity index (χ3n) is 3.92. The third-order valence-corrected chi connectivity index (χ3v) is 3.92. The summed E-state index contributed by atoms with van der Waals surface area (Å²) in [6, 6.07) is 0. The molecule has 1 heterocycles. The number of rotatable bonds is 7. The average molecular weight is 240 g/mol. The van der Waals surface area contributed by atoms with Crippen molar-refractivity contribution in [2.45, 2.75) is 52.4 Å². The first-order valence-electron chi connectivity index (χ1n) is 7.23. The van der Waals surface area contributed by atoms with Gasteiger partial charge in [0.1, 0.15) is 0 Å². The molecule has 1 aliphatic rings. The van der Waals surface area contributed by atoms with Gasteiger partial charge in [-0.15, -0.1) is 0 Å². The van der Waals surface area contributed by atoms with Crippen molar-refractivity contribution in [3.63, 3.8) is 0 Å². The van der Waals surface area contributed by atoms with E-state index in [1.54, 1.807) is 0 Å². The third kappa shape index (κ3) is 6.06. The highest BCUT2D eigenvalue weighted by Gasteiger charge is 2.14. The van der Waals surface area contributed by atoms with Crippen molar-refractivity contribution in [3.8, 4) is 0 Å². The molecule has 0 aromatic carbocycles. The molecule has 1 rings (SSSR count). The summed E-state index contributed by atoms with van der Waals surface area (Å²) in [4.78, 5) is 11.7. The zero-order chi connectivity index (χ0) is 12.5. The molecule has 0 aromatic heterocycles. The summed E-state index contributed by atoms with van der Waals surface area (Å²) in [5, 5.41) is 6.46. The molecule has 0 saturated carbocycles. The van der Waals surface area contributed by atoms with Crippen LogP contribution in [0.25, 0.3) is 0 Å². The maximum Gasteiger partial charge on any atom is 0.220 e. The summed E-state index contributed by atoms with van der Waals surface area (Å²) in [5.74, 6) is 1.60. The second-order valence-electron chi connectivity index (χ2n) is 5.24. The number of amides is 1. The first kappa shape index (κ1) is 14.5. The largest absolute Gasteiger partial charge is 0.356 e. The lowest BCUT2D eigenvalue weighted by atomic mass is 9.94. The highest BCUT2D eigenvalue weighted by molar-refractivity contribution is 5.75. The minimum atomic E-state index is 0.238. The van der Waals surface area contributed by atoms with Gasteiger partial charge in [0.25, 0.3) is 0 Å². The van der Waals surface area contributed by atoms with E-state index in [4.69, 9.17) is 0 Å². The summed E-state index contributed by atoms with van der Waals surface area (Å²) in [6.45, 7) is 7.48. The second-order valence-corrected chi connectivity index (χ2v) is 5.24. The predicted molar refractivity (Wildman–Crippen MR) is 71.9 cm³/mol. The Morgan fingerprint density at radius 2 is 2.18 bits per heavy atom. The Hall–Kier alpha value is -0.570. The van der Waals surface area contributed by atoms with Crippen LogP contribution in [0.3, 0.4) is 0 Å². The van der Waals surface area contributed by atoms with Crippen LogP contribution in [0.1, 0.15) is 52.4 Å². The Morgan fingerprint density at radius 3 is 2.76 bits per heavy atom. The first-order valence-corrected chi connectivity index (χ1v) is 7.23. The van der Waals surface area contributed by atoms with E-state index in [-0.39, 0.29) is 5.91 Å². The summed E-state index contributed by atoms with van der Waals surface area (Å²) in [7, 11) is 0. The highest BCUT2D eigenvalue weighted by atomic mass is 16.1. The fourth-order valence-corrected chi connectivity index (χ4v) is 2.43. The molecule has 0 aliphatic carbocycles. The molecule has 0 spiro atoms. The molecular weight excluding hydrogens is 212 g/mol. The molecule has 1 fully saturated rings. The lowest BCUT2D eigenvalue weighted by Gasteiger charge is -2.22. The number of hydrogen-bond acceptors (Lipinski definition) is 2. The van der Waals surface area contributed by atoms with Crippen LogP contribution in [0.4, 0.5) is 0 Å². The lowest BCUT2D eigenvalue weighted by molar-refractivity contribution is -0.121. The van der Waals surface area contributed by atoms with E-state index in [0.717, 1.165) is 38.9 Å². The van der Waals surface area contributed by atoms with Crippen molar-refractivity contribution in [2.75, 3.05) is 19.6 Å². The van der Waals surface area contributed by atoms with Gasteiger partial charge in [0.2, 0.25) is 5.91 Å². The van der Waals surface area contributed by atoms with Gasteiger partial charge in [0.05, 0.1) is 0 Å². The molecule has 1 aliphatic heterocycles. The van der Waals surface area contributed by atoms with E-state index in [1.165, 1.54) is 12.8 Å². The quantitative estimate of drug-likeness (QED) is 0.717. The number of nitrogens with one attached hydrogen (secondary N) is 2. The molecule has 0 radical (unpaired) electrons. The van der Waals surface area contributed by atoms with Gasteiger partial charge in [-0.25, -0.2) is 0 Å². The van der Waals surface area contributed by atoms with Crippen LogP contribution in [0.5, 0.6) is 0 Å². The minimum Gasteiger partial charge on any atom is -0.356 e. The minimum absolute atomic E-state index is 0.238. The van der Waals surface area contributed by atoms with E-state index in [2.05, 4.69) is 24.5 Å². The molecule has 1 unspecified atom stereocenters. The second kappa shape index (κ2) is 8.51. The molecule has 3 heteroatoms. The maximum atomic E-state index is 11.7. The van der Waals surface area contributed by atoms with Gasteiger partial charge >= 0.3 is 0 Å². The molecule has 0 bridgehead atoms.